The van der Waals surface area contributed by atoms with E-state index in [0.717, 1.165) is 76.5 Å². The second-order valence-corrected chi connectivity index (χ2v) is 8.58. The highest BCUT2D eigenvalue weighted by Gasteiger charge is 2.25. The Hall–Kier alpha value is -3.11. The normalized spacial score (nSPS) is 16.8. The Morgan fingerprint density at radius 2 is 2.06 bits per heavy atom. The van der Waals surface area contributed by atoms with E-state index in [2.05, 4.69) is 38.3 Å². The SMILES string of the molecule is COc1ccc2c(c1)CCN(CCCNC(=O)C1CCN(c3ccc(C#N)cn3)CC1)C2. The number of hydrogen-bond acceptors (Lipinski definition) is 6. The van der Waals surface area contributed by atoms with Crippen LogP contribution in [-0.2, 0) is 17.8 Å². The van der Waals surface area contributed by atoms with Gasteiger partial charge in [0.25, 0.3) is 0 Å². The van der Waals surface area contributed by atoms with E-state index >= 15 is 0 Å². The highest BCUT2D eigenvalue weighted by atomic mass is 16.5. The van der Waals surface area contributed by atoms with E-state index in [9.17, 15) is 4.79 Å². The molecule has 1 aromatic heterocycles. The van der Waals surface area contributed by atoms with Crippen LogP contribution in [0.15, 0.2) is 36.5 Å². The largest absolute Gasteiger partial charge is 0.497 e. The number of hydrogen-bond donors (Lipinski definition) is 1. The van der Waals surface area contributed by atoms with Crippen molar-refractivity contribution in [3.8, 4) is 11.8 Å². The number of nitrogens with zero attached hydrogens (tertiary/aromatic N) is 4. The first-order valence-corrected chi connectivity index (χ1v) is 11.4. The Labute approximate surface area is 190 Å². The van der Waals surface area contributed by atoms with E-state index in [1.807, 2.05) is 12.1 Å². The van der Waals surface area contributed by atoms with Crippen molar-refractivity contribution in [2.75, 3.05) is 44.7 Å². The van der Waals surface area contributed by atoms with Gasteiger partial charge in [0.1, 0.15) is 17.6 Å². The molecule has 1 amide bonds. The molecule has 4 rings (SSSR count). The molecule has 2 aromatic rings. The predicted molar refractivity (Wildman–Crippen MR) is 123 cm³/mol. The second-order valence-electron chi connectivity index (χ2n) is 8.58. The molecule has 168 valence electrons. The molecule has 0 spiro atoms. The van der Waals surface area contributed by atoms with Crippen molar-refractivity contribution in [2.45, 2.75) is 32.2 Å². The Balaban J connectivity index is 1.15. The summed E-state index contributed by atoms with van der Waals surface area (Å²) in [6.45, 7) is 5.37. The molecule has 1 saturated heterocycles. The van der Waals surface area contributed by atoms with Gasteiger partial charge in [-0.25, -0.2) is 4.98 Å². The van der Waals surface area contributed by atoms with E-state index in [4.69, 9.17) is 10.00 Å². The van der Waals surface area contributed by atoms with Crippen LogP contribution in [0.25, 0.3) is 0 Å². The number of pyridine rings is 1. The molecular formula is C25H31N5O2. The quantitative estimate of drug-likeness (QED) is 0.677. The van der Waals surface area contributed by atoms with Crippen LogP contribution < -0.4 is 15.0 Å². The molecule has 7 heteroatoms. The summed E-state index contributed by atoms with van der Waals surface area (Å²) < 4.78 is 5.33. The van der Waals surface area contributed by atoms with Gasteiger partial charge in [-0.05, 0) is 61.1 Å². The first kappa shape index (κ1) is 22.1. The molecule has 7 nitrogen and oxygen atoms in total. The van der Waals surface area contributed by atoms with Crippen LogP contribution in [0, 0.1) is 17.2 Å². The van der Waals surface area contributed by atoms with Crippen LogP contribution in [-0.4, -0.2) is 55.6 Å². The average molecular weight is 434 g/mol. The number of nitriles is 1. The number of ether oxygens (including phenoxy) is 1. The van der Waals surface area contributed by atoms with Crippen molar-refractivity contribution in [1.29, 1.82) is 5.26 Å². The third-order valence-corrected chi connectivity index (χ3v) is 6.52. The van der Waals surface area contributed by atoms with Gasteiger partial charge in [-0.3, -0.25) is 9.69 Å². The second kappa shape index (κ2) is 10.5. The van der Waals surface area contributed by atoms with Crippen molar-refractivity contribution in [3.63, 3.8) is 0 Å². The van der Waals surface area contributed by atoms with Crippen molar-refractivity contribution in [2.24, 2.45) is 5.92 Å². The summed E-state index contributed by atoms with van der Waals surface area (Å²) in [4.78, 5) is 21.6. The fraction of sp³-hybridized carbons (Fsp3) is 0.480. The van der Waals surface area contributed by atoms with Crippen molar-refractivity contribution in [1.82, 2.24) is 15.2 Å². The summed E-state index contributed by atoms with van der Waals surface area (Å²) in [5.74, 6) is 2.05. The van der Waals surface area contributed by atoms with Crippen LogP contribution in [0.2, 0.25) is 0 Å². The minimum absolute atomic E-state index is 0.0708. The number of nitrogens with one attached hydrogen (secondary N) is 1. The first-order valence-electron chi connectivity index (χ1n) is 11.4. The number of rotatable bonds is 7. The minimum Gasteiger partial charge on any atom is -0.497 e. The monoisotopic (exact) mass is 433 g/mol. The van der Waals surface area contributed by atoms with Gasteiger partial charge in [-0.1, -0.05) is 6.07 Å². The van der Waals surface area contributed by atoms with Crippen molar-refractivity contribution >= 4 is 11.7 Å². The van der Waals surface area contributed by atoms with E-state index in [0.29, 0.717) is 5.56 Å². The smallest absolute Gasteiger partial charge is 0.223 e. The lowest BCUT2D eigenvalue weighted by Gasteiger charge is -2.32. The minimum atomic E-state index is 0.0708. The van der Waals surface area contributed by atoms with Crippen molar-refractivity contribution < 1.29 is 9.53 Å². The van der Waals surface area contributed by atoms with Crippen LogP contribution in [0.1, 0.15) is 36.0 Å². The molecule has 0 radical (unpaired) electrons. The van der Waals surface area contributed by atoms with Gasteiger partial charge >= 0.3 is 0 Å². The topological polar surface area (TPSA) is 81.5 Å². The number of carbonyl (C=O) groups excluding carboxylic acids is 1. The molecule has 0 aliphatic carbocycles. The molecule has 0 atom stereocenters. The summed E-state index contributed by atoms with van der Waals surface area (Å²) in [7, 11) is 1.71. The molecule has 0 saturated carbocycles. The average Bonchev–Trinajstić information content (AvgIpc) is 2.86. The number of amides is 1. The third-order valence-electron chi connectivity index (χ3n) is 6.52. The number of anilines is 1. The van der Waals surface area contributed by atoms with Gasteiger partial charge in [0.2, 0.25) is 5.91 Å². The summed E-state index contributed by atoms with van der Waals surface area (Å²) in [5.41, 5.74) is 3.33. The van der Waals surface area contributed by atoms with Gasteiger partial charge in [0.05, 0.1) is 12.7 Å². The number of carbonyl (C=O) groups is 1. The predicted octanol–water partition coefficient (Wildman–Crippen LogP) is 2.74. The number of fused-ring (bicyclic) bond motifs is 1. The molecule has 0 bridgehead atoms. The Morgan fingerprint density at radius 3 is 2.78 bits per heavy atom. The van der Waals surface area contributed by atoms with E-state index in [1.165, 1.54) is 11.1 Å². The van der Waals surface area contributed by atoms with Crippen LogP contribution in [0.4, 0.5) is 5.82 Å². The molecule has 1 N–H and O–H groups in total. The van der Waals surface area contributed by atoms with Crippen LogP contribution >= 0.6 is 0 Å². The Bertz CT molecular complexity index is 961. The lowest BCUT2D eigenvalue weighted by molar-refractivity contribution is -0.125. The van der Waals surface area contributed by atoms with E-state index in [-0.39, 0.29) is 11.8 Å². The zero-order valence-electron chi connectivity index (χ0n) is 18.7. The van der Waals surface area contributed by atoms with Gasteiger partial charge in [0.15, 0.2) is 0 Å². The molecule has 3 heterocycles. The van der Waals surface area contributed by atoms with E-state index < -0.39 is 0 Å². The fourth-order valence-electron chi connectivity index (χ4n) is 4.57. The standard InChI is InChI=1S/C25H31N5O2/c1-32-23-5-4-22-18-29(12-7-21(22)15-23)11-2-10-27-25(31)20-8-13-30(14-9-20)24-6-3-19(16-26)17-28-24/h3-6,15,17,20H,2,7-14,18H2,1H3,(H,27,31). The van der Waals surface area contributed by atoms with Crippen molar-refractivity contribution in [3.05, 3.63) is 53.2 Å². The van der Waals surface area contributed by atoms with E-state index in [1.54, 1.807) is 19.4 Å². The number of methoxy groups -OCH3 is 1. The fourth-order valence-corrected chi connectivity index (χ4v) is 4.57. The molecule has 0 unspecified atom stereocenters. The zero-order chi connectivity index (χ0) is 22.3. The molecule has 2 aliphatic heterocycles. The van der Waals surface area contributed by atoms with Crippen LogP contribution in [0.3, 0.4) is 0 Å². The number of aromatic nitrogens is 1. The Kier molecular flexibility index (Phi) is 7.23. The highest BCUT2D eigenvalue weighted by Crippen LogP contribution is 2.24. The lowest BCUT2D eigenvalue weighted by atomic mass is 9.96. The highest BCUT2D eigenvalue weighted by molar-refractivity contribution is 5.78. The third kappa shape index (κ3) is 5.38. The Morgan fingerprint density at radius 1 is 1.22 bits per heavy atom. The maximum absolute atomic E-state index is 12.6. The maximum Gasteiger partial charge on any atom is 0.223 e. The molecule has 1 aromatic carbocycles. The van der Waals surface area contributed by atoms with Gasteiger partial charge in [-0.2, -0.15) is 5.26 Å². The van der Waals surface area contributed by atoms with Gasteiger partial charge < -0.3 is 15.0 Å². The molecule has 1 fully saturated rings. The van der Waals surface area contributed by atoms with Crippen LogP contribution in [0.5, 0.6) is 5.75 Å². The van der Waals surface area contributed by atoms with Gasteiger partial charge in [0, 0.05) is 51.4 Å². The maximum atomic E-state index is 12.6. The molecule has 2 aliphatic rings. The zero-order valence-corrected chi connectivity index (χ0v) is 18.7. The lowest BCUT2D eigenvalue weighted by Crippen LogP contribution is -2.41. The summed E-state index contributed by atoms with van der Waals surface area (Å²) in [5, 5.41) is 12.0. The summed E-state index contributed by atoms with van der Waals surface area (Å²) in [6, 6.07) is 12.1. The first-order chi connectivity index (χ1) is 15.7. The summed E-state index contributed by atoms with van der Waals surface area (Å²) in [6.07, 6.45) is 5.28. The molecule has 32 heavy (non-hydrogen) atoms. The summed E-state index contributed by atoms with van der Waals surface area (Å²) >= 11 is 0. The number of benzene rings is 1. The number of piperidine rings is 1. The van der Waals surface area contributed by atoms with Gasteiger partial charge in [-0.15, -0.1) is 0 Å². The molecular weight excluding hydrogens is 402 g/mol.